The van der Waals surface area contributed by atoms with E-state index in [0.29, 0.717) is 0 Å². The Labute approximate surface area is 81.8 Å². The lowest BCUT2D eigenvalue weighted by molar-refractivity contribution is 0.463. The fourth-order valence-corrected chi connectivity index (χ4v) is 1.34. The molecule has 0 saturated carbocycles. The van der Waals surface area contributed by atoms with Crippen molar-refractivity contribution < 1.29 is 0 Å². The number of hydrogen-bond acceptors (Lipinski definition) is 1. The van der Waals surface area contributed by atoms with Crippen LogP contribution in [0.3, 0.4) is 0 Å². The number of hydrogen-bond donors (Lipinski definition) is 0. The Kier molecular flexibility index (Phi) is 5.97. The van der Waals surface area contributed by atoms with Crippen LogP contribution >= 0.6 is 0 Å². The third kappa shape index (κ3) is 3.94. The molecule has 0 aromatic rings. The first-order valence-corrected chi connectivity index (χ1v) is 4.94. The van der Waals surface area contributed by atoms with Gasteiger partial charge >= 0.3 is 0 Å². The van der Waals surface area contributed by atoms with E-state index >= 15 is 0 Å². The van der Waals surface area contributed by atoms with Gasteiger partial charge in [0.05, 0.1) is 11.5 Å². The van der Waals surface area contributed by atoms with E-state index in [1.807, 2.05) is 0 Å². The Morgan fingerprint density at radius 3 is 2.46 bits per heavy atom. The van der Waals surface area contributed by atoms with E-state index in [4.69, 9.17) is 5.26 Å². The second-order valence-corrected chi connectivity index (χ2v) is 3.31. The summed E-state index contributed by atoms with van der Waals surface area (Å²) >= 11 is 0. The predicted octanol–water partition coefficient (Wildman–Crippen LogP) is 3.84. The maximum Gasteiger partial charge on any atom is 0.0785 e. The molecule has 0 aliphatic carbocycles. The minimum Gasteiger partial charge on any atom is -0.197 e. The molecule has 0 aliphatic rings. The molecule has 0 fully saturated rings. The van der Waals surface area contributed by atoms with Gasteiger partial charge in [-0.05, 0) is 19.3 Å². The second kappa shape index (κ2) is 6.48. The maximum atomic E-state index is 9.05. The van der Waals surface area contributed by atoms with E-state index in [9.17, 15) is 0 Å². The zero-order valence-electron chi connectivity index (χ0n) is 8.71. The SMILES string of the molecule is C=CC(C#N)(C/C=C/CC)CCC. The average molecular weight is 177 g/mol. The highest BCUT2D eigenvalue weighted by molar-refractivity contribution is 5.12. The monoisotopic (exact) mass is 177 g/mol. The van der Waals surface area contributed by atoms with Crippen LogP contribution in [0.2, 0.25) is 0 Å². The molecule has 0 rings (SSSR count). The van der Waals surface area contributed by atoms with Crippen LogP contribution in [-0.2, 0) is 0 Å². The third-order valence-electron chi connectivity index (χ3n) is 2.19. The van der Waals surface area contributed by atoms with Gasteiger partial charge in [-0.1, -0.05) is 38.5 Å². The number of nitriles is 1. The van der Waals surface area contributed by atoms with E-state index in [-0.39, 0.29) is 5.41 Å². The standard InChI is InChI=1S/C12H19N/c1-4-7-8-10-12(6-3,11-13)9-5-2/h6-8H,3-5,9-10H2,1-2H3/b8-7+. The van der Waals surface area contributed by atoms with Crippen molar-refractivity contribution in [3.05, 3.63) is 24.8 Å². The summed E-state index contributed by atoms with van der Waals surface area (Å²) in [7, 11) is 0. The molecule has 0 heterocycles. The molecule has 0 amide bonds. The number of rotatable bonds is 6. The van der Waals surface area contributed by atoms with Crippen molar-refractivity contribution in [2.24, 2.45) is 5.41 Å². The van der Waals surface area contributed by atoms with Crippen LogP contribution in [0.5, 0.6) is 0 Å². The maximum absolute atomic E-state index is 9.05. The van der Waals surface area contributed by atoms with Crippen molar-refractivity contribution in [3.63, 3.8) is 0 Å². The molecule has 0 spiro atoms. The Bertz CT molecular complexity index is 210. The molecule has 0 aromatic heterocycles. The molecule has 0 N–H and O–H groups in total. The van der Waals surface area contributed by atoms with E-state index in [0.717, 1.165) is 25.7 Å². The molecule has 0 radical (unpaired) electrons. The lowest BCUT2D eigenvalue weighted by Crippen LogP contribution is -2.13. The molecule has 1 heteroatoms. The first-order chi connectivity index (χ1) is 6.24. The van der Waals surface area contributed by atoms with Gasteiger partial charge in [0, 0.05) is 0 Å². The summed E-state index contributed by atoms with van der Waals surface area (Å²) in [6.07, 6.45) is 9.74. The lowest BCUT2D eigenvalue weighted by atomic mass is 9.82. The highest BCUT2D eigenvalue weighted by Gasteiger charge is 2.22. The Morgan fingerprint density at radius 1 is 1.38 bits per heavy atom. The van der Waals surface area contributed by atoms with Gasteiger partial charge in [0.15, 0.2) is 0 Å². The Balaban J connectivity index is 4.31. The summed E-state index contributed by atoms with van der Waals surface area (Å²) in [6.45, 7) is 7.94. The molecule has 0 saturated heterocycles. The first-order valence-electron chi connectivity index (χ1n) is 4.94. The van der Waals surface area contributed by atoms with Crippen molar-refractivity contribution in [1.29, 1.82) is 5.26 Å². The lowest BCUT2D eigenvalue weighted by Gasteiger charge is -2.19. The minimum atomic E-state index is -0.333. The third-order valence-corrected chi connectivity index (χ3v) is 2.19. The Hall–Kier alpha value is -1.03. The highest BCUT2D eigenvalue weighted by atomic mass is 14.3. The molecule has 0 bridgehead atoms. The van der Waals surface area contributed by atoms with Crippen LogP contribution in [0, 0.1) is 16.7 Å². The predicted molar refractivity (Wildman–Crippen MR) is 57.2 cm³/mol. The van der Waals surface area contributed by atoms with Gasteiger partial charge in [-0.25, -0.2) is 0 Å². The molecule has 1 nitrogen and oxygen atoms in total. The fraction of sp³-hybridized carbons (Fsp3) is 0.583. The topological polar surface area (TPSA) is 23.8 Å². The van der Waals surface area contributed by atoms with Gasteiger partial charge in [-0.3, -0.25) is 0 Å². The van der Waals surface area contributed by atoms with Crippen molar-refractivity contribution in [2.45, 2.75) is 39.5 Å². The van der Waals surface area contributed by atoms with Gasteiger partial charge in [-0.2, -0.15) is 5.26 Å². The van der Waals surface area contributed by atoms with Crippen LogP contribution in [0.4, 0.5) is 0 Å². The first kappa shape index (κ1) is 12.0. The second-order valence-electron chi connectivity index (χ2n) is 3.31. The van der Waals surface area contributed by atoms with Gasteiger partial charge in [0.2, 0.25) is 0 Å². The highest BCUT2D eigenvalue weighted by Crippen LogP contribution is 2.29. The molecular formula is C12H19N. The van der Waals surface area contributed by atoms with Gasteiger partial charge in [0.1, 0.15) is 0 Å². The summed E-state index contributed by atoms with van der Waals surface area (Å²) in [6, 6.07) is 2.36. The zero-order valence-corrected chi connectivity index (χ0v) is 8.71. The molecule has 1 unspecified atom stereocenters. The van der Waals surface area contributed by atoms with Crippen LogP contribution in [0.1, 0.15) is 39.5 Å². The normalized spacial score (nSPS) is 15.2. The minimum absolute atomic E-state index is 0.333. The summed E-state index contributed by atoms with van der Waals surface area (Å²) in [5.74, 6) is 0. The fourth-order valence-electron chi connectivity index (χ4n) is 1.34. The molecule has 0 aromatic carbocycles. The number of nitrogens with zero attached hydrogens (tertiary/aromatic N) is 1. The largest absolute Gasteiger partial charge is 0.197 e. The van der Waals surface area contributed by atoms with Gasteiger partial charge in [0.25, 0.3) is 0 Å². The van der Waals surface area contributed by atoms with Crippen LogP contribution < -0.4 is 0 Å². The van der Waals surface area contributed by atoms with Crippen molar-refractivity contribution in [2.75, 3.05) is 0 Å². The molecule has 1 atom stereocenters. The van der Waals surface area contributed by atoms with Crippen molar-refractivity contribution >= 4 is 0 Å². The summed E-state index contributed by atoms with van der Waals surface area (Å²) in [5, 5.41) is 9.05. The molecule has 0 aliphatic heterocycles. The summed E-state index contributed by atoms with van der Waals surface area (Å²) in [5.41, 5.74) is -0.333. The number of allylic oxidation sites excluding steroid dienone is 3. The average Bonchev–Trinajstić information content (AvgIpc) is 2.17. The Morgan fingerprint density at radius 2 is 2.08 bits per heavy atom. The van der Waals surface area contributed by atoms with Crippen molar-refractivity contribution in [3.8, 4) is 6.07 Å². The van der Waals surface area contributed by atoms with E-state index in [1.165, 1.54) is 0 Å². The van der Waals surface area contributed by atoms with Gasteiger partial charge in [-0.15, -0.1) is 6.58 Å². The zero-order chi connectivity index (χ0) is 10.2. The summed E-state index contributed by atoms with van der Waals surface area (Å²) < 4.78 is 0. The summed E-state index contributed by atoms with van der Waals surface area (Å²) in [4.78, 5) is 0. The molecule has 72 valence electrons. The van der Waals surface area contributed by atoms with E-state index in [1.54, 1.807) is 6.08 Å². The molecular weight excluding hydrogens is 158 g/mol. The van der Waals surface area contributed by atoms with Crippen LogP contribution in [-0.4, -0.2) is 0 Å². The van der Waals surface area contributed by atoms with Crippen LogP contribution in [0.15, 0.2) is 24.8 Å². The molecule has 13 heavy (non-hydrogen) atoms. The van der Waals surface area contributed by atoms with E-state index in [2.05, 4.69) is 38.6 Å². The smallest absolute Gasteiger partial charge is 0.0785 e. The van der Waals surface area contributed by atoms with Crippen molar-refractivity contribution in [1.82, 2.24) is 0 Å². The van der Waals surface area contributed by atoms with Crippen LogP contribution in [0.25, 0.3) is 0 Å². The van der Waals surface area contributed by atoms with Gasteiger partial charge < -0.3 is 0 Å². The quantitative estimate of drug-likeness (QED) is 0.565. The van der Waals surface area contributed by atoms with E-state index < -0.39 is 0 Å².